The Labute approximate surface area is 107 Å². The van der Waals surface area contributed by atoms with Crippen LogP contribution in [0.4, 0.5) is 0 Å². The minimum atomic E-state index is -2.15. The Hall–Kier alpha value is -1.59. The molecule has 0 radical (unpaired) electrons. The van der Waals surface area contributed by atoms with Crippen molar-refractivity contribution in [3.63, 3.8) is 0 Å². The number of aromatic nitrogens is 1. The number of aromatic amines is 1. The number of hydrogen-bond donors (Lipinski definition) is 1. The Kier molecular flexibility index (Phi) is 2.72. The maximum absolute atomic E-state index is 10.7. The largest absolute Gasteiger partial charge is 0.357 e. The molecule has 0 fully saturated rings. The van der Waals surface area contributed by atoms with Crippen molar-refractivity contribution < 1.29 is 8.42 Å². The lowest BCUT2D eigenvalue weighted by Crippen LogP contribution is -2.26. The van der Waals surface area contributed by atoms with Crippen LogP contribution in [0.15, 0.2) is 18.2 Å². The molecule has 1 aliphatic rings. The van der Waals surface area contributed by atoms with Crippen molar-refractivity contribution in [2.75, 3.05) is 13.6 Å². The predicted octanol–water partition coefficient (Wildman–Crippen LogP) is 1.19. The van der Waals surface area contributed by atoms with Crippen LogP contribution in [0.2, 0.25) is 0 Å². The van der Waals surface area contributed by atoms with Crippen molar-refractivity contribution in [2.45, 2.75) is 13.0 Å². The molecule has 0 aliphatic carbocycles. The molecule has 0 saturated carbocycles. The van der Waals surface area contributed by atoms with Gasteiger partial charge in [-0.15, -0.1) is 0 Å². The molecular formula is C13H14N2O2S. The van der Waals surface area contributed by atoms with Gasteiger partial charge in [-0.3, -0.25) is 0 Å². The van der Waals surface area contributed by atoms with Gasteiger partial charge in [0.15, 0.2) is 0 Å². The van der Waals surface area contributed by atoms with Gasteiger partial charge in [0.05, 0.1) is 5.37 Å². The average Bonchev–Trinajstić information content (AvgIpc) is 2.65. The zero-order valence-corrected chi connectivity index (χ0v) is 10.9. The molecule has 2 heterocycles. The highest BCUT2D eigenvalue weighted by molar-refractivity contribution is 7.71. The van der Waals surface area contributed by atoms with Crippen molar-refractivity contribution in [3.05, 3.63) is 35.0 Å². The van der Waals surface area contributed by atoms with Crippen LogP contribution >= 0.6 is 0 Å². The summed E-state index contributed by atoms with van der Waals surface area (Å²) in [7, 11) is -0.0428. The molecule has 0 amide bonds. The first kappa shape index (κ1) is 11.5. The van der Waals surface area contributed by atoms with Crippen LogP contribution in [0.1, 0.15) is 16.8 Å². The smallest absolute Gasteiger partial charge is 0.214 e. The fourth-order valence-corrected chi connectivity index (χ4v) is 2.95. The molecule has 18 heavy (non-hydrogen) atoms. The maximum Gasteiger partial charge on any atom is 0.214 e. The van der Waals surface area contributed by atoms with Crippen LogP contribution in [0, 0.1) is 0 Å². The second kappa shape index (κ2) is 4.26. The van der Waals surface area contributed by atoms with Crippen LogP contribution in [0.5, 0.6) is 0 Å². The summed E-state index contributed by atoms with van der Waals surface area (Å²) in [6.45, 7) is 1.97. The number of nitrogens with one attached hydrogen (secondary N) is 1. The summed E-state index contributed by atoms with van der Waals surface area (Å²) in [6, 6.07) is 5.72. The van der Waals surface area contributed by atoms with Crippen molar-refractivity contribution >= 4 is 26.6 Å². The number of fused-ring (bicyclic) bond motifs is 3. The van der Waals surface area contributed by atoms with E-state index in [1.165, 1.54) is 16.6 Å². The molecule has 0 bridgehead atoms. The minimum absolute atomic E-state index is 0.733. The number of likely N-dealkylation sites (N-methyl/N-ethyl adjacent to an activating group) is 1. The Morgan fingerprint density at radius 3 is 3.00 bits per heavy atom. The standard InChI is InChI=1S/C13H14N2O2S/c1-15-5-4-10-11-6-9(8-18(16)17)2-3-12(11)14-13(10)7-15/h2-3,6,8,14H,4-5,7H2,1H3. The number of rotatable bonds is 1. The fraction of sp³-hybridized carbons (Fsp3) is 0.308. The number of nitrogens with zero attached hydrogens (tertiary/aromatic N) is 1. The molecule has 3 rings (SSSR count). The first-order chi connectivity index (χ1) is 8.63. The first-order valence-electron chi connectivity index (χ1n) is 5.88. The highest BCUT2D eigenvalue weighted by Crippen LogP contribution is 2.27. The number of H-pyrrole nitrogens is 1. The highest BCUT2D eigenvalue weighted by Gasteiger charge is 2.17. The summed E-state index contributed by atoms with van der Waals surface area (Å²) in [6.07, 6.45) is 1.01. The SMILES string of the molecule is CN1CCc2c([nH]c3ccc(C=S(=O)=O)cc23)C1. The Morgan fingerprint density at radius 2 is 2.22 bits per heavy atom. The third-order valence-corrected chi connectivity index (χ3v) is 3.89. The first-order valence-corrected chi connectivity index (χ1v) is 7.02. The van der Waals surface area contributed by atoms with Crippen LogP contribution in [-0.4, -0.2) is 37.3 Å². The van der Waals surface area contributed by atoms with E-state index < -0.39 is 10.3 Å². The van der Waals surface area contributed by atoms with E-state index in [4.69, 9.17) is 0 Å². The van der Waals surface area contributed by atoms with E-state index in [0.717, 1.165) is 36.0 Å². The van der Waals surface area contributed by atoms with Gasteiger partial charge in [-0.1, -0.05) is 6.07 Å². The van der Waals surface area contributed by atoms with E-state index in [9.17, 15) is 8.42 Å². The van der Waals surface area contributed by atoms with Gasteiger partial charge >= 0.3 is 0 Å². The van der Waals surface area contributed by atoms with Crippen LogP contribution < -0.4 is 0 Å². The average molecular weight is 262 g/mol. The lowest BCUT2D eigenvalue weighted by Gasteiger charge is -2.22. The van der Waals surface area contributed by atoms with Gasteiger partial charge in [0.1, 0.15) is 0 Å². The van der Waals surface area contributed by atoms with Crippen molar-refractivity contribution in [1.82, 2.24) is 9.88 Å². The molecule has 1 aromatic carbocycles. The van der Waals surface area contributed by atoms with Crippen molar-refractivity contribution in [2.24, 2.45) is 0 Å². The summed E-state index contributed by atoms with van der Waals surface area (Å²) in [5.74, 6) is 0. The zero-order valence-electron chi connectivity index (χ0n) is 10.1. The molecular weight excluding hydrogens is 248 g/mol. The Balaban J connectivity index is 2.19. The lowest BCUT2D eigenvalue weighted by molar-refractivity contribution is 0.310. The van der Waals surface area contributed by atoms with Crippen LogP contribution in [-0.2, 0) is 23.3 Å². The van der Waals surface area contributed by atoms with Gasteiger partial charge in [0, 0.05) is 29.7 Å². The molecule has 1 N–H and O–H groups in total. The molecule has 0 spiro atoms. The van der Waals surface area contributed by atoms with Crippen LogP contribution in [0.25, 0.3) is 10.9 Å². The third-order valence-electron chi connectivity index (χ3n) is 3.42. The van der Waals surface area contributed by atoms with Gasteiger partial charge in [-0.05, 0) is 36.7 Å². The molecule has 4 nitrogen and oxygen atoms in total. The molecule has 1 aliphatic heterocycles. The van der Waals surface area contributed by atoms with Crippen molar-refractivity contribution in [3.8, 4) is 0 Å². The molecule has 0 atom stereocenters. The molecule has 94 valence electrons. The Bertz CT molecular complexity index is 736. The lowest BCUT2D eigenvalue weighted by atomic mass is 10.0. The number of hydrogen-bond acceptors (Lipinski definition) is 3. The zero-order chi connectivity index (χ0) is 12.7. The second-order valence-electron chi connectivity index (χ2n) is 4.75. The number of benzene rings is 1. The van der Waals surface area contributed by atoms with Gasteiger partial charge in [0.2, 0.25) is 10.3 Å². The van der Waals surface area contributed by atoms with Gasteiger partial charge in [0.25, 0.3) is 0 Å². The minimum Gasteiger partial charge on any atom is -0.357 e. The van der Waals surface area contributed by atoms with Gasteiger partial charge < -0.3 is 9.88 Å². The molecule has 1 aromatic heterocycles. The van der Waals surface area contributed by atoms with E-state index in [1.807, 2.05) is 18.2 Å². The van der Waals surface area contributed by atoms with E-state index >= 15 is 0 Å². The topological polar surface area (TPSA) is 53.2 Å². The van der Waals surface area contributed by atoms with Gasteiger partial charge in [-0.2, -0.15) is 8.42 Å². The third kappa shape index (κ3) is 1.95. The van der Waals surface area contributed by atoms with Gasteiger partial charge in [-0.25, -0.2) is 0 Å². The monoisotopic (exact) mass is 262 g/mol. The normalized spacial score (nSPS) is 15.6. The maximum atomic E-state index is 10.7. The summed E-state index contributed by atoms with van der Waals surface area (Å²) in [5, 5.41) is 2.39. The molecule has 2 aromatic rings. The fourth-order valence-electron chi connectivity index (χ4n) is 2.58. The Morgan fingerprint density at radius 1 is 1.39 bits per heavy atom. The summed E-state index contributed by atoms with van der Waals surface area (Å²) in [5.41, 5.74) is 4.40. The van der Waals surface area contributed by atoms with E-state index in [1.54, 1.807) is 0 Å². The second-order valence-corrected chi connectivity index (χ2v) is 5.51. The van der Waals surface area contributed by atoms with E-state index in [0.29, 0.717) is 0 Å². The molecule has 0 saturated heterocycles. The molecule has 0 unspecified atom stereocenters. The molecule has 5 heteroatoms. The highest BCUT2D eigenvalue weighted by atomic mass is 32.2. The predicted molar refractivity (Wildman–Crippen MR) is 72.4 cm³/mol. The van der Waals surface area contributed by atoms with Crippen molar-refractivity contribution in [1.29, 1.82) is 0 Å². The summed E-state index contributed by atoms with van der Waals surface area (Å²) < 4.78 is 21.4. The van der Waals surface area contributed by atoms with Crippen LogP contribution in [0.3, 0.4) is 0 Å². The van der Waals surface area contributed by atoms with E-state index in [2.05, 4.69) is 16.9 Å². The quantitative estimate of drug-likeness (QED) is 0.785. The summed E-state index contributed by atoms with van der Waals surface area (Å²) >= 11 is 0. The van der Waals surface area contributed by atoms with E-state index in [-0.39, 0.29) is 0 Å². The summed E-state index contributed by atoms with van der Waals surface area (Å²) in [4.78, 5) is 5.69.